The number of primary amides is 1. The van der Waals surface area contributed by atoms with Crippen LogP contribution in [0.1, 0.15) is 24.8 Å². The summed E-state index contributed by atoms with van der Waals surface area (Å²) in [5.74, 6) is -4.64. The first-order chi connectivity index (χ1) is 16.1. The van der Waals surface area contributed by atoms with Gasteiger partial charge in [0.05, 0.1) is 19.1 Å². The molecule has 13 nitrogen and oxygen atoms in total. The second-order valence-electron chi connectivity index (χ2n) is 7.89. The number of nitrogens with one attached hydrogen (secondary N) is 4. The Hall–Kier alpha value is -3.71. The molecule has 1 heterocycles. The number of carbonyl (C=O) groups is 5. The van der Waals surface area contributed by atoms with Gasteiger partial charge in [0.15, 0.2) is 0 Å². The van der Waals surface area contributed by atoms with E-state index in [0.29, 0.717) is 18.5 Å². The lowest BCUT2D eigenvalue weighted by Gasteiger charge is -2.24. The van der Waals surface area contributed by atoms with Crippen LogP contribution >= 0.6 is 0 Å². The van der Waals surface area contributed by atoms with Crippen LogP contribution in [0.4, 0.5) is 0 Å². The molecule has 4 atom stereocenters. The fraction of sp³-hybridized carbons (Fsp3) is 0.476. The highest BCUT2D eigenvalue weighted by Gasteiger charge is 2.32. The van der Waals surface area contributed by atoms with Crippen LogP contribution in [0.5, 0.6) is 5.75 Å². The number of phenols is 1. The maximum Gasteiger partial charge on any atom is 0.328 e. The van der Waals surface area contributed by atoms with Crippen LogP contribution in [0.2, 0.25) is 0 Å². The first-order valence-electron chi connectivity index (χ1n) is 10.6. The molecular weight excluding hydrogens is 450 g/mol. The average molecular weight is 479 g/mol. The largest absolute Gasteiger partial charge is 0.508 e. The molecule has 0 aromatic heterocycles. The second-order valence-corrected chi connectivity index (χ2v) is 7.89. The Morgan fingerprint density at radius 2 is 1.62 bits per heavy atom. The summed E-state index contributed by atoms with van der Waals surface area (Å²) in [5, 5.41) is 37.7. The summed E-state index contributed by atoms with van der Waals surface area (Å²) in [5.41, 5.74) is 5.74. The van der Waals surface area contributed by atoms with Crippen molar-refractivity contribution in [2.24, 2.45) is 5.73 Å². The van der Waals surface area contributed by atoms with Crippen molar-refractivity contribution in [3.05, 3.63) is 29.8 Å². The minimum absolute atomic E-state index is 0.0234. The van der Waals surface area contributed by atoms with Gasteiger partial charge in [0.25, 0.3) is 0 Å². The average Bonchev–Trinajstić information content (AvgIpc) is 3.32. The molecular formula is C21H29N5O8. The van der Waals surface area contributed by atoms with E-state index in [0.717, 1.165) is 6.42 Å². The van der Waals surface area contributed by atoms with Crippen LogP contribution in [0.15, 0.2) is 24.3 Å². The third-order valence-electron chi connectivity index (χ3n) is 5.22. The number of amides is 4. The van der Waals surface area contributed by atoms with E-state index in [-0.39, 0.29) is 12.2 Å². The lowest BCUT2D eigenvalue weighted by Crippen LogP contribution is -2.58. The number of aromatic hydroxyl groups is 1. The standard InChI is InChI=1S/C21H29N5O8/c22-17(29)9-15(25-18(30)13-2-1-7-23-13)20(32)24-14(8-11-3-5-12(28)6-4-11)19(31)26-16(10-27)21(33)34/h3-6,13-16,23,27-28H,1-2,7-10H2,(H2,22,29)(H,24,32)(H,25,30)(H,26,31)(H,33,34). The molecule has 2 rings (SSSR count). The van der Waals surface area contributed by atoms with Gasteiger partial charge in [-0.1, -0.05) is 12.1 Å². The number of aliphatic hydroxyl groups excluding tert-OH is 1. The Bertz CT molecular complexity index is 901. The third kappa shape index (κ3) is 8.01. The van der Waals surface area contributed by atoms with E-state index in [4.69, 9.17) is 10.8 Å². The summed E-state index contributed by atoms with van der Waals surface area (Å²) in [7, 11) is 0. The highest BCUT2D eigenvalue weighted by molar-refractivity contribution is 5.96. The minimum atomic E-state index is -1.61. The van der Waals surface area contributed by atoms with Crippen LogP contribution in [0.3, 0.4) is 0 Å². The molecule has 0 aliphatic carbocycles. The van der Waals surface area contributed by atoms with E-state index in [1.807, 2.05) is 0 Å². The molecule has 0 radical (unpaired) electrons. The number of carbonyl (C=O) groups excluding carboxylic acids is 4. The summed E-state index contributed by atoms with van der Waals surface area (Å²) in [4.78, 5) is 60.8. The van der Waals surface area contributed by atoms with Crippen LogP contribution < -0.4 is 27.0 Å². The van der Waals surface area contributed by atoms with Crippen molar-refractivity contribution in [3.8, 4) is 5.75 Å². The van der Waals surface area contributed by atoms with E-state index in [1.165, 1.54) is 24.3 Å². The van der Waals surface area contributed by atoms with Crippen LogP contribution in [-0.4, -0.2) is 82.2 Å². The SMILES string of the molecule is NC(=O)CC(NC(=O)C1CCCN1)C(=O)NC(Cc1ccc(O)cc1)C(=O)NC(CO)C(=O)O. The summed E-state index contributed by atoms with van der Waals surface area (Å²) in [6, 6.07) is 0.891. The maximum absolute atomic E-state index is 12.9. The number of nitrogens with two attached hydrogens (primary N) is 1. The number of hydrogen-bond acceptors (Lipinski definition) is 8. The Balaban J connectivity index is 2.20. The quantitative estimate of drug-likeness (QED) is 0.154. The third-order valence-corrected chi connectivity index (χ3v) is 5.22. The van der Waals surface area contributed by atoms with E-state index in [9.17, 15) is 34.2 Å². The number of carboxylic acid groups (broad SMARTS) is 1. The van der Waals surface area contributed by atoms with Crippen LogP contribution in [0, 0.1) is 0 Å². The Kier molecular flexibility index (Phi) is 9.76. The highest BCUT2D eigenvalue weighted by atomic mass is 16.4. The molecule has 9 N–H and O–H groups in total. The Morgan fingerprint density at radius 3 is 2.15 bits per heavy atom. The molecule has 1 aliphatic heterocycles. The normalized spacial score (nSPS) is 17.7. The number of hydrogen-bond donors (Lipinski definition) is 8. The summed E-state index contributed by atoms with van der Waals surface area (Å²) < 4.78 is 0. The molecule has 4 amide bonds. The molecule has 13 heteroatoms. The van der Waals surface area contributed by atoms with Gasteiger partial charge in [-0.15, -0.1) is 0 Å². The summed E-state index contributed by atoms with van der Waals surface area (Å²) in [6.45, 7) is -0.245. The molecule has 4 unspecified atom stereocenters. The molecule has 1 aliphatic rings. The number of benzene rings is 1. The van der Waals surface area contributed by atoms with E-state index < -0.39 is 66.8 Å². The zero-order valence-electron chi connectivity index (χ0n) is 18.3. The molecule has 1 saturated heterocycles. The van der Waals surface area contributed by atoms with Crippen molar-refractivity contribution in [2.45, 2.75) is 49.9 Å². The van der Waals surface area contributed by atoms with Gasteiger partial charge in [0, 0.05) is 6.42 Å². The van der Waals surface area contributed by atoms with Crippen molar-refractivity contribution in [1.82, 2.24) is 21.3 Å². The predicted octanol–water partition coefficient (Wildman–Crippen LogP) is -2.91. The van der Waals surface area contributed by atoms with E-state index in [2.05, 4.69) is 21.3 Å². The first kappa shape index (κ1) is 26.5. The summed E-state index contributed by atoms with van der Waals surface area (Å²) in [6.07, 6.45) is 0.693. The lowest BCUT2D eigenvalue weighted by atomic mass is 10.0. The topological polar surface area (TPSA) is 220 Å². The zero-order valence-corrected chi connectivity index (χ0v) is 18.3. The molecule has 0 saturated carbocycles. The fourth-order valence-corrected chi connectivity index (χ4v) is 3.40. The second kappa shape index (κ2) is 12.5. The number of rotatable bonds is 12. The van der Waals surface area contributed by atoms with Crippen molar-refractivity contribution >= 4 is 29.6 Å². The maximum atomic E-state index is 12.9. The number of aliphatic hydroxyl groups is 1. The Morgan fingerprint density at radius 1 is 1.00 bits per heavy atom. The van der Waals surface area contributed by atoms with Crippen molar-refractivity contribution in [2.75, 3.05) is 13.2 Å². The molecule has 34 heavy (non-hydrogen) atoms. The summed E-state index contributed by atoms with van der Waals surface area (Å²) >= 11 is 0. The number of carboxylic acids is 1. The van der Waals surface area contributed by atoms with Gasteiger partial charge in [-0.2, -0.15) is 0 Å². The molecule has 0 spiro atoms. The van der Waals surface area contributed by atoms with Gasteiger partial charge in [-0.3, -0.25) is 19.2 Å². The van der Waals surface area contributed by atoms with E-state index >= 15 is 0 Å². The van der Waals surface area contributed by atoms with Crippen LogP contribution in [-0.2, 0) is 30.4 Å². The lowest BCUT2D eigenvalue weighted by molar-refractivity contribution is -0.143. The number of phenolic OH excluding ortho intramolecular Hbond substituents is 1. The van der Waals surface area contributed by atoms with Crippen molar-refractivity contribution < 1.29 is 39.3 Å². The zero-order chi connectivity index (χ0) is 25.3. The van der Waals surface area contributed by atoms with Gasteiger partial charge in [0.2, 0.25) is 23.6 Å². The van der Waals surface area contributed by atoms with Gasteiger partial charge < -0.3 is 42.3 Å². The van der Waals surface area contributed by atoms with Crippen LogP contribution in [0.25, 0.3) is 0 Å². The Labute approximate surface area is 195 Å². The monoisotopic (exact) mass is 479 g/mol. The molecule has 1 aromatic rings. The molecule has 1 fully saturated rings. The smallest absolute Gasteiger partial charge is 0.328 e. The van der Waals surface area contributed by atoms with Crippen molar-refractivity contribution in [1.29, 1.82) is 0 Å². The van der Waals surface area contributed by atoms with Gasteiger partial charge in [-0.25, -0.2) is 4.79 Å². The van der Waals surface area contributed by atoms with Gasteiger partial charge in [0.1, 0.15) is 23.9 Å². The molecule has 0 bridgehead atoms. The van der Waals surface area contributed by atoms with E-state index in [1.54, 1.807) is 0 Å². The predicted molar refractivity (Wildman–Crippen MR) is 117 cm³/mol. The first-order valence-corrected chi connectivity index (χ1v) is 10.6. The minimum Gasteiger partial charge on any atom is -0.508 e. The van der Waals surface area contributed by atoms with Gasteiger partial charge in [-0.05, 0) is 37.1 Å². The number of aliphatic carboxylic acids is 1. The fourth-order valence-electron chi connectivity index (χ4n) is 3.40. The van der Waals surface area contributed by atoms with Crippen molar-refractivity contribution in [3.63, 3.8) is 0 Å². The highest BCUT2D eigenvalue weighted by Crippen LogP contribution is 2.12. The molecule has 186 valence electrons. The van der Waals surface area contributed by atoms with Gasteiger partial charge >= 0.3 is 5.97 Å². The molecule has 1 aromatic carbocycles.